The Morgan fingerprint density at radius 1 is 1.07 bits per heavy atom. The van der Waals surface area contributed by atoms with Crippen molar-refractivity contribution in [3.8, 4) is 5.75 Å². The van der Waals surface area contributed by atoms with Crippen molar-refractivity contribution in [2.75, 3.05) is 6.61 Å². The number of allylic oxidation sites excluding steroid dienone is 1. The van der Waals surface area contributed by atoms with Gasteiger partial charge in [-0.15, -0.1) is 0 Å². The molecule has 0 saturated heterocycles. The van der Waals surface area contributed by atoms with E-state index in [2.05, 4.69) is 4.99 Å². The second-order valence-electron chi connectivity index (χ2n) is 9.29. The fourth-order valence-corrected chi connectivity index (χ4v) is 6.17. The Bertz CT molecular complexity index is 1790. The molecule has 0 N–H and O–H groups in total. The van der Waals surface area contributed by atoms with Crippen molar-refractivity contribution in [3.63, 3.8) is 0 Å². The van der Waals surface area contributed by atoms with E-state index in [1.165, 1.54) is 11.3 Å². The van der Waals surface area contributed by atoms with E-state index in [1.54, 1.807) is 36.6 Å². The highest BCUT2D eigenvalue weighted by Gasteiger charge is 2.33. The monoisotopic (exact) mass is 592 g/mol. The standard InChI is InChI=1S/C31H26Cl2N2O4S/c1-4-38-30(37)26-19(3)34-31-35(27(26)21-12-10-18(2)11-13-21)29(36)25(40-31)15-22-14-23(32)16-24(33)28(22)39-17-20-8-6-5-7-9-20/h5-16,27H,4,17H2,1-3H3/b25-15-/t27-/m0/s1. The highest BCUT2D eigenvalue weighted by Crippen LogP contribution is 2.34. The van der Waals surface area contributed by atoms with Crippen LogP contribution >= 0.6 is 34.5 Å². The number of nitrogens with zero attached hydrogens (tertiary/aromatic N) is 2. The molecular formula is C31H26Cl2N2O4S. The lowest BCUT2D eigenvalue weighted by atomic mass is 9.95. The molecule has 0 aliphatic carbocycles. The van der Waals surface area contributed by atoms with Crippen LogP contribution in [-0.2, 0) is 16.1 Å². The number of carbonyl (C=O) groups excluding carboxylic acids is 1. The van der Waals surface area contributed by atoms with Gasteiger partial charge in [-0.05, 0) is 50.1 Å². The molecule has 5 rings (SSSR count). The van der Waals surface area contributed by atoms with E-state index in [9.17, 15) is 9.59 Å². The molecule has 9 heteroatoms. The molecule has 1 atom stereocenters. The van der Waals surface area contributed by atoms with Crippen LogP contribution in [0.25, 0.3) is 6.08 Å². The van der Waals surface area contributed by atoms with E-state index in [0.29, 0.717) is 48.6 Å². The number of aryl methyl sites for hydroxylation is 1. The summed E-state index contributed by atoms with van der Waals surface area (Å²) in [5.74, 6) is -0.0824. The number of fused-ring (bicyclic) bond motifs is 1. The maximum absolute atomic E-state index is 14.0. The zero-order chi connectivity index (χ0) is 28.4. The molecule has 0 spiro atoms. The van der Waals surface area contributed by atoms with Crippen LogP contribution in [0.3, 0.4) is 0 Å². The minimum Gasteiger partial charge on any atom is -0.487 e. The molecule has 2 heterocycles. The maximum Gasteiger partial charge on any atom is 0.338 e. The van der Waals surface area contributed by atoms with Crippen molar-refractivity contribution in [2.24, 2.45) is 4.99 Å². The second kappa shape index (κ2) is 11.8. The van der Waals surface area contributed by atoms with Gasteiger partial charge >= 0.3 is 5.97 Å². The zero-order valence-electron chi connectivity index (χ0n) is 22.1. The highest BCUT2D eigenvalue weighted by atomic mass is 35.5. The number of thiazole rings is 1. The molecule has 0 unspecified atom stereocenters. The number of halogens is 2. The molecule has 1 aliphatic heterocycles. The average molecular weight is 594 g/mol. The van der Waals surface area contributed by atoms with E-state index >= 15 is 0 Å². The summed E-state index contributed by atoms with van der Waals surface area (Å²) in [5, 5.41) is 0.745. The fraction of sp³-hybridized carbons (Fsp3) is 0.194. The maximum atomic E-state index is 14.0. The number of hydrogen-bond donors (Lipinski definition) is 0. The van der Waals surface area contributed by atoms with Crippen molar-refractivity contribution < 1.29 is 14.3 Å². The normalized spacial score (nSPS) is 15.0. The van der Waals surface area contributed by atoms with Crippen LogP contribution in [0.15, 0.2) is 87.8 Å². The Balaban J connectivity index is 1.65. The largest absolute Gasteiger partial charge is 0.487 e. The first-order chi connectivity index (χ1) is 19.3. The summed E-state index contributed by atoms with van der Waals surface area (Å²) >= 11 is 14.1. The van der Waals surface area contributed by atoms with Crippen LogP contribution < -0.4 is 19.6 Å². The Morgan fingerprint density at radius 3 is 2.50 bits per heavy atom. The molecule has 6 nitrogen and oxygen atoms in total. The van der Waals surface area contributed by atoms with Crippen LogP contribution in [0.5, 0.6) is 5.75 Å². The quantitative estimate of drug-likeness (QED) is 0.247. The van der Waals surface area contributed by atoms with Gasteiger partial charge in [-0.2, -0.15) is 0 Å². The van der Waals surface area contributed by atoms with Crippen LogP contribution in [0.4, 0.5) is 0 Å². The molecule has 0 amide bonds. The predicted octanol–water partition coefficient (Wildman–Crippen LogP) is 5.99. The van der Waals surface area contributed by atoms with Gasteiger partial charge in [0.15, 0.2) is 4.80 Å². The summed E-state index contributed by atoms with van der Waals surface area (Å²) in [6, 6.07) is 20.1. The number of esters is 1. The van der Waals surface area contributed by atoms with Gasteiger partial charge in [-0.25, -0.2) is 9.79 Å². The van der Waals surface area contributed by atoms with Gasteiger partial charge in [-0.3, -0.25) is 9.36 Å². The number of aromatic nitrogens is 1. The summed E-state index contributed by atoms with van der Waals surface area (Å²) in [6.07, 6.45) is 1.71. The minimum atomic E-state index is -0.685. The average Bonchev–Trinajstić information content (AvgIpc) is 3.22. The Morgan fingerprint density at radius 2 is 1.80 bits per heavy atom. The first-order valence-electron chi connectivity index (χ1n) is 12.7. The number of rotatable bonds is 7. The fourth-order valence-electron chi connectivity index (χ4n) is 4.57. The Hall–Kier alpha value is -3.65. The van der Waals surface area contributed by atoms with Crippen LogP contribution in [-0.4, -0.2) is 17.1 Å². The lowest BCUT2D eigenvalue weighted by Gasteiger charge is -2.24. The number of benzene rings is 3. The Kier molecular flexibility index (Phi) is 8.26. The summed E-state index contributed by atoms with van der Waals surface area (Å²) in [5.41, 5.74) is 3.93. The summed E-state index contributed by atoms with van der Waals surface area (Å²) in [4.78, 5) is 32.2. The van der Waals surface area contributed by atoms with Gasteiger partial charge in [0.1, 0.15) is 12.4 Å². The minimum absolute atomic E-state index is 0.210. The third-order valence-corrected chi connectivity index (χ3v) is 7.94. The zero-order valence-corrected chi connectivity index (χ0v) is 24.4. The summed E-state index contributed by atoms with van der Waals surface area (Å²) < 4.78 is 13.4. The molecule has 1 aromatic heterocycles. The lowest BCUT2D eigenvalue weighted by Crippen LogP contribution is -2.39. The smallest absolute Gasteiger partial charge is 0.338 e. The van der Waals surface area contributed by atoms with E-state index < -0.39 is 12.0 Å². The van der Waals surface area contributed by atoms with Crippen LogP contribution in [0.2, 0.25) is 10.0 Å². The molecule has 204 valence electrons. The van der Waals surface area contributed by atoms with E-state index in [4.69, 9.17) is 32.7 Å². The van der Waals surface area contributed by atoms with Crippen molar-refractivity contribution >= 4 is 46.6 Å². The van der Waals surface area contributed by atoms with Gasteiger partial charge < -0.3 is 9.47 Å². The molecule has 0 fully saturated rings. The molecule has 0 saturated carbocycles. The van der Waals surface area contributed by atoms with Gasteiger partial charge in [0.25, 0.3) is 5.56 Å². The molecular weight excluding hydrogens is 567 g/mol. The molecule has 0 bridgehead atoms. The SMILES string of the molecule is CCOC(=O)C1=C(C)N=c2s/c(=C\c3cc(Cl)cc(Cl)c3OCc3ccccc3)c(=O)n2[C@H]1c1ccc(C)cc1. The van der Waals surface area contributed by atoms with Gasteiger partial charge in [0, 0.05) is 10.6 Å². The topological polar surface area (TPSA) is 69.9 Å². The highest BCUT2D eigenvalue weighted by molar-refractivity contribution is 7.07. The van der Waals surface area contributed by atoms with Crippen LogP contribution in [0.1, 0.15) is 42.1 Å². The Labute approximate surface area is 245 Å². The molecule has 40 heavy (non-hydrogen) atoms. The lowest BCUT2D eigenvalue weighted by molar-refractivity contribution is -0.139. The number of ether oxygens (including phenoxy) is 2. The third kappa shape index (κ3) is 5.63. The van der Waals surface area contributed by atoms with Crippen molar-refractivity contribution in [1.29, 1.82) is 0 Å². The van der Waals surface area contributed by atoms with Crippen molar-refractivity contribution in [2.45, 2.75) is 33.4 Å². The van der Waals surface area contributed by atoms with E-state index in [0.717, 1.165) is 16.7 Å². The molecule has 4 aromatic rings. The van der Waals surface area contributed by atoms with Crippen molar-refractivity contribution in [3.05, 3.63) is 130 Å². The summed E-state index contributed by atoms with van der Waals surface area (Å²) in [7, 11) is 0. The molecule has 1 aliphatic rings. The number of hydrogen-bond acceptors (Lipinski definition) is 6. The van der Waals surface area contributed by atoms with Gasteiger partial charge in [-0.1, -0.05) is 94.7 Å². The van der Waals surface area contributed by atoms with E-state index in [-0.39, 0.29) is 12.2 Å². The second-order valence-corrected chi connectivity index (χ2v) is 11.1. The van der Waals surface area contributed by atoms with Crippen molar-refractivity contribution in [1.82, 2.24) is 4.57 Å². The first kappa shape index (κ1) is 27.9. The van der Waals surface area contributed by atoms with Gasteiger partial charge in [0.05, 0.1) is 33.5 Å². The van der Waals surface area contributed by atoms with Crippen LogP contribution in [0, 0.1) is 6.92 Å². The molecule has 3 aromatic carbocycles. The third-order valence-electron chi connectivity index (χ3n) is 6.46. The van der Waals surface area contributed by atoms with Gasteiger partial charge in [0.2, 0.25) is 0 Å². The number of carbonyl (C=O) groups is 1. The predicted molar refractivity (Wildman–Crippen MR) is 159 cm³/mol. The van der Waals surface area contributed by atoms with E-state index in [1.807, 2.05) is 61.5 Å². The summed E-state index contributed by atoms with van der Waals surface area (Å²) in [6.45, 7) is 5.99. The first-order valence-corrected chi connectivity index (χ1v) is 14.3. The molecule has 0 radical (unpaired) electrons.